The van der Waals surface area contributed by atoms with Gasteiger partial charge in [0.05, 0.1) is 7.11 Å². The topological polar surface area (TPSA) is 82.3 Å². The number of aromatic nitrogens is 2. The van der Waals surface area contributed by atoms with Gasteiger partial charge in [0, 0.05) is 0 Å². The molecule has 0 fully saturated rings. The second-order valence-electron chi connectivity index (χ2n) is 3.74. The number of hydrogen-bond donors (Lipinski definition) is 2. The largest absolute Gasteiger partial charge is 0.489 e. The number of nitrogens with zero attached hydrogens (tertiary/aromatic N) is 2. The Labute approximate surface area is 109 Å². The Morgan fingerprint density at radius 3 is 2.79 bits per heavy atom. The van der Waals surface area contributed by atoms with Crippen LogP contribution in [0.4, 0.5) is 10.2 Å². The van der Waals surface area contributed by atoms with Crippen LogP contribution in [0, 0.1) is 12.7 Å². The Kier molecular flexibility index (Phi) is 3.76. The van der Waals surface area contributed by atoms with E-state index in [0.717, 1.165) is 5.56 Å². The predicted octanol–water partition coefficient (Wildman–Crippen LogP) is 2.01. The average molecular weight is 264 g/mol. The van der Waals surface area contributed by atoms with Crippen molar-refractivity contribution in [2.75, 3.05) is 12.5 Å². The molecule has 1 aromatic heterocycles. The highest BCUT2D eigenvalue weighted by Crippen LogP contribution is 2.34. The maximum absolute atomic E-state index is 13.6. The molecule has 1 heterocycles. The van der Waals surface area contributed by atoms with Crippen molar-refractivity contribution in [1.29, 1.82) is 0 Å². The molecule has 0 aliphatic carbocycles. The van der Waals surface area contributed by atoms with Crippen molar-refractivity contribution in [1.82, 2.24) is 9.97 Å². The van der Waals surface area contributed by atoms with E-state index in [0.29, 0.717) is 0 Å². The molecule has 3 N–H and O–H groups in total. The quantitative estimate of drug-likeness (QED) is 0.649. The number of anilines is 1. The summed E-state index contributed by atoms with van der Waals surface area (Å²) in [6.07, 6.45) is 1.24. The van der Waals surface area contributed by atoms with E-state index in [9.17, 15) is 4.39 Å². The third kappa shape index (κ3) is 2.71. The second-order valence-corrected chi connectivity index (χ2v) is 3.74. The molecular formula is C12H13FN4O2. The number of halogens is 1. The van der Waals surface area contributed by atoms with Crippen LogP contribution >= 0.6 is 0 Å². The summed E-state index contributed by atoms with van der Waals surface area (Å²) in [5, 5.41) is 0. The zero-order valence-electron chi connectivity index (χ0n) is 10.5. The smallest absolute Gasteiger partial charge is 0.268 e. The van der Waals surface area contributed by atoms with E-state index in [4.69, 9.17) is 15.3 Å². The minimum atomic E-state index is -0.492. The summed E-state index contributed by atoms with van der Waals surface area (Å²) in [6, 6.07) is 4.53. The van der Waals surface area contributed by atoms with Crippen molar-refractivity contribution in [2.24, 2.45) is 5.84 Å². The first-order valence-corrected chi connectivity index (χ1v) is 5.45. The van der Waals surface area contributed by atoms with E-state index in [1.54, 1.807) is 12.1 Å². The van der Waals surface area contributed by atoms with Crippen molar-refractivity contribution in [3.8, 4) is 17.4 Å². The molecule has 100 valence electrons. The van der Waals surface area contributed by atoms with Gasteiger partial charge in [-0.05, 0) is 24.6 Å². The monoisotopic (exact) mass is 264 g/mol. The molecule has 0 atom stereocenters. The van der Waals surface area contributed by atoms with Crippen LogP contribution in [0.2, 0.25) is 0 Å². The number of hydrazine groups is 1. The highest BCUT2D eigenvalue weighted by atomic mass is 19.1. The molecule has 19 heavy (non-hydrogen) atoms. The van der Waals surface area contributed by atoms with Gasteiger partial charge in [0.1, 0.15) is 6.33 Å². The van der Waals surface area contributed by atoms with Gasteiger partial charge in [-0.3, -0.25) is 0 Å². The second kappa shape index (κ2) is 5.49. The summed E-state index contributed by atoms with van der Waals surface area (Å²) in [5.41, 5.74) is 3.21. The molecule has 6 nitrogen and oxygen atoms in total. The first kappa shape index (κ1) is 13.0. The van der Waals surface area contributed by atoms with E-state index < -0.39 is 5.82 Å². The summed E-state index contributed by atoms with van der Waals surface area (Å²) in [5.74, 6) is 5.39. The summed E-state index contributed by atoms with van der Waals surface area (Å²) in [7, 11) is 1.42. The van der Waals surface area contributed by atoms with Crippen molar-refractivity contribution in [3.05, 3.63) is 35.9 Å². The standard InChI is InChI=1S/C12H13FN4O2/c1-7-3-4-8(13)9(5-7)19-12-10(18-2)11(17-14)15-6-16-12/h3-6H,14H2,1-2H3,(H,15,16,17). The lowest BCUT2D eigenvalue weighted by Gasteiger charge is -2.12. The Morgan fingerprint density at radius 1 is 1.32 bits per heavy atom. The molecule has 1 aromatic carbocycles. The number of nitrogens with one attached hydrogen (secondary N) is 1. The van der Waals surface area contributed by atoms with Gasteiger partial charge in [-0.1, -0.05) is 6.07 Å². The van der Waals surface area contributed by atoms with Crippen LogP contribution in [0.5, 0.6) is 17.4 Å². The van der Waals surface area contributed by atoms with Crippen LogP contribution in [-0.4, -0.2) is 17.1 Å². The molecule has 0 spiro atoms. The Morgan fingerprint density at radius 2 is 2.11 bits per heavy atom. The summed E-state index contributed by atoms with van der Waals surface area (Å²) in [4.78, 5) is 7.77. The van der Waals surface area contributed by atoms with Gasteiger partial charge >= 0.3 is 0 Å². The fraction of sp³-hybridized carbons (Fsp3) is 0.167. The van der Waals surface area contributed by atoms with Crippen LogP contribution < -0.4 is 20.7 Å². The van der Waals surface area contributed by atoms with E-state index in [-0.39, 0.29) is 23.2 Å². The molecule has 0 aliphatic heterocycles. The lowest BCUT2D eigenvalue weighted by molar-refractivity contribution is 0.360. The number of hydrogen-bond acceptors (Lipinski definition) is 6. The lowest BCUT2D eigenvalue weighted by atomic mass is 10.2. The molecule has 0 aliphatic rings. The summed E-state index contributed by atoms with van der Waals surface area (Å²) < 4.78 is 24.1. The van der Waals surface area contributed by atoms with Crippen molar-refractivity contribution in [2.45, 2.75) is 6.92 Å². The van der Waals surface area contributed by atoms with Crippen LogP contribution in [0.25, 0.3) is 0 Å². The number of aryl methyl sites for hydroxylation is 1. The molecule has 0 saturated carbocycles. The van der Waals surface area contributed by atoms with Crippen LogP contribution in [0.3, 0.4) is 0 Å². The first-order chi connectivity index (χ1) is 9.15. The molecule has 0 amide bonds. The zero-order chi connectivity index (χ0) is 13.8. The van der Waals surface area contributed by atoms with Gasteiger partial charge in [-0.25, -0.2) is 15.2 Å². The van der Waals surface area contributed by atoms with Gasteiger partial charge in [0.15, 0.2) is 17.4 Å². The van der Waals surface area contributed by atoms with Gasteiger partial charge < -0.3 is 14.9 Å². The van der Waals surface area contributed by atoms with E-state index in [1.807, 2.05) is 6.92 Å². The number of methoxy groups -OCH3 is 1. The maximum Gasteiger partial charge on any atom is 0.268 e. The highest BCUT2D eigenvalue weighted by Gasteiger charge is 2.15. The van der Waals surface area contributed by atoms with E-state index >= 15 is 0 Å². The first-order valence-electron chi connectivity index (χ1n) is 5.45. The zero-order valence-corrected chi connectivity index (χ0v) is 10.5. The van der Waals surface area contributed by atoms with Gasteiger partial charge in [0.2, 0.25) is 5.75 Å². The average Bonchev–Trinajstić information content (AvgIpc) is 2.42. The lowest BCUT2D eigenvalue weighted by Crippen LogP contribution is -2.11. The molecule has 7 heteroatoms. The number of nitrogen functional groups attached to an aromatic ring is 1. The minimum absolute atomic E-state index is 0.0555. The third-order valence-corrected chi connectivity index (χ3v) is 2.41. The number of ether oxygens (including phenoxy) is 2. The highest BCUT2D eigenvalue weighted by molar-refractivity contribution is 5.55. The molecular weight excluding hydrogens is 251 g/mol. The van der Waals surface area contributed by atoms with Crippen LogP contribution in [-0.2, 0) is 0 Å². The SMILES string of the molecule is COc1c(NN)ncnc1Oc1cc(C)ccc1F. The van der Waals surface area contributed by atoms with E-state index in [1.165, 1.54) is 19.5 Å². The third-order valence-electron chi connectivity index (χ3n) is 2.41. The van der Waals surface area contributed by atoms with Crippen LogP contribution in [0.1, 0.15) is 5.56 Å². The minimum Gasteiger partial charge on any atom is -0.489 e. The van der Waals surface area contributed by atoms with Crippen molar-refractivity contribution in [3.63, 3.8) is 0 Å². The van der Waals surface area contributed by atoms with Gasteiger partial charge in [-0.2, -0.15) is 4.98 Å². The number of rotatable bonds is 4. The fourth-order valence-electron chi connectivity index (χ4n) is 1.51. The van der Waals surface area contributed by atoms with Crippen molar-refractivity contribution >= 4 is 5.82 Å². The normalized spacial score (nSPS) is 10.1. The Bertz CT molecular complexity index is 592. The summed E-state index contributed by atoms with van der Waals surface area (Å²) in [6.45, 7) is 1.83. The molecule has 0 saturated heterocycles. The van der Waals surface area contributed by atoms with Gasteiger partial charge in [0.25, 0.3) is 5.88 Å². The Hall–Kier alpha value is -2.41. The number of benzene rings is 1. The molecule has 0 radical (unpaired) electrons. The fourth-order valence-corrected chi connectivity index (χ4v) is 1.51. The van der Waals surface area contributed by atoms with Crippen molar-refractivity contribution < 1.29 is 13.9 Å². The molecule has 2 rings (SSSR count). The van der Waals surface area contributed by atoms with Crippen LogP contribution in [0.15, 0.2) is 24.5 Å². The molecule has 0 unspecified atom stereocenters. The molecule has 2 aromatic rings. The van der Waals surface area contributed by atoms with E-state index in [2.05, 4.69) is 15.4 Å². The van der Waals surface area contributed by atoms with Gasteiger partial charge in [-0.15, -0.1) is 0 Å². The predicted molar refractivity (Wildman–Crippen MR) is 67.6 cm³/mol. The number of nitrogens with two attached hydrogens (primary N) is 1. The summed E-state index contributed by atoms with van der Waals surface area (Å²) >= 11 is 0. The maximum atomic E-state index is 13.6. The molecule has 0 bridgehead atoms. The Balaban J connectivity index is 2.40.